The molecule has 4 rings (SSSR count). The summed E-state index contributed by atoms with van der Waals surface area (Å²) < 4.78 is 7.30. The van der Waals surface area contributed by atoms with Gasteiger partial charge in [-0.1, -0.05) is 35.5 Å². The molecule has 0 fully saturated rings. The molecule has 0 aliphatic heterocycles. The number of rotatable bonds is 8. The van der Waals surface area contributed by atoms with Crippen molar-refractivity contribution in [2.45, 2.75) is 13.5 Å². The third-order valence-corrected chi connectivity index (χ3v) is 4.80. The fourth-order valence-electron chi connectivity index (χ4n) is 3.23. The fraction of sp³-hybridized carbons (Fsp3) is 0.167. The summed E-state index contributed by atoms with van der Waals surface area (Å²) in [5.74, 6) is 0.0778. The smallest absolute Gasteiger partial charge is 0.257 e. The second kappa shape index (κ2) is 9.74. The van der Waals surface area contributed by atoms with Gasteiger partial charge in [0.05, 0.1) is 12.1 Å². The molecule has 8 nitrogen and oxygen atoms in total. The molecule has 4 aromatic rings. The first-order valence-electron chi connectivity index (χ1n) is 10.3. The monoisotopic (exact) mass is 429 g/mol. The Labute approximate surface area is 185 Å². The number of nitrogens with zero attached hydrogens (tertiary/aromatic N) is 3. The lowest BCUT2D eigenvalue weighted by Crippen LogP contribution is -2.28. The number of likely N-dealkylation sites (N-methyl/N-ethyl adjacent to an activating group) is 1. The Balaban J connectivity index is 1.38. The Kier molecular flexibility index (Phi) is 6.41. The van der Waals surface area contributed by atoms with Crippen molar-refractivity contribution < 1.29 is 14.3 Å². The molecular weight excluding hydrogens is 406 g/mol. The van der Waals surface area contributed by atoms with E-state index in [0.717, 1.165) is 16.6 Å². The first-order valence-corrected chi connectivity index (χ1v) is 10.3. The molecule has 1 aromatic heterocycles. The van der Waals surface area contributed by atoms with E-state index in [0.29, 0.717) is 30.1 Å². The van der Waals surface area contributed by atoms with Gasteiger partial charge in [0.2, 0.25) is 0 Å². The number of hydrogen-bond acceptors (Lipinski definition) is 5. The quantitative estimate of drug-likeness (QED) is 0.448. The number of para-hydroxylation sites is 1. The number of fused-ring (bicyclic) bond motifs is 1. The summed E-state index contributed by atoms with van der Waals surface area (Å²) in [6.45, 7) is 2.88. The van der Waals surface area contributed by atoms with Gasteiger partial charge in [-0.05, 0) is 48.9 Å². The Morgan fingerprint density at radius 1 is 1.00 bits per heavy atom. The molecule has 0 radical (unpaired) electrons. The van der Waals surface area contributed by atoms with E-state index in [9.17, 15) is 9.59 Å². The highest BCUT2D eigenvalue weighted by atomic mass is 16.5. The standard InChI is InChI=1S/C24H23N5O3/c1-2-25-23(30)16-32-20-7-5-6-19(14-20)26-24(31)18-12-10-17(11-13-18)15-29-22-9-4-3-8-21(22)27-28-29/h3-14H,2,15-16H2,1H3,(H,25,30)(H,26,31). The first-order chi connectivity index (χ1) is 15.6. The summed E-state index contributed by atoms with van der Waals surface area (Å²) in [5, 5.41) is 13.9. The molecule has 0 aliphatic carbocycles. The zero-order valence-electron chi connectivity index (χ0n) is 17.6. The zero-order valence-corrected chi connectivity index (χ0v) is 17.6. The number of aromatic nitrogens is 3. The summed E-state index contributed by atoms with van der Waals surface area (Å²) in [6.07, 6.45) is 0. The minimum atomic E-state index is -0.233. The Bertz CT molecular complexity index is 1230. The molecule has 0 saturated carbocycles. The van der Waals surface area contributed by atoms with Crippen LogP contribution in [0.2, 0.25) is 0 Å². The van der Waals surface area contributed by atoms with Crippen LogP contribution in [0.5, 0.6) is 5.75 Å². The number of benzene rings is 3. The predicted octanol–water partition coefficient (Wildman–Crippen LogP) is 3.25. The van der Waals surface area contributed by atoms with Gasteiger partial charge >= 0.3 is 0 Å². The van der Waals surface area contributed by atoms with Gasteiger partial charge in [0, 0.05) is 23.9 Å². The third-order valence-electron chi connectivity index (χ3n) is 4.80. The summed E-state index contributed by atoms with van der Waals surface area (Å²) in [4.78, 5) is 24.2. The molecule has 8 heteroatoms. The normalized spacial score (nSPS) is 10.7. The number of ether oxygens (including phenoxy) is 1. The van der Waals surface area contributed by atoms with Gasteiger partial charge in [0.1, 0.15) is 11.3 Å². The van der Waals surface area contributed by atoms with Gasteiger partial charge in [0.25, 0.3) is 11.8 Å². The molecule has 0 spiro atoms. The van der Waals surface area contributed by atoms with Crippen LogP contribution in [0.3, 0.4) is 0 Å². The number of carbonyl (C=O) groups is 2. The lowest BCUT2D eigenvalue weighted by Gasteiger charge is -2.10. The third kappa shape index (κ3) is 5.10. The topological polar surface area (TPSA) is 98.1 Å². The van der Waals surface area contributed by atoms with Crippen LogP contribution in [0, 0.1) is 0 Å². The molecule has 32 heavy (non-hydrogen) atoms. The van der Waals surface area contributed by atoms with Crippen molar-refractivity contribution in [3.8, 4) is 5.75 Å². The maximum absolute atomic E-state index is 12.6. The number of hydrogen-bond donors (Lipinski definition) is 2. The van der Waals surface area contributed by atoms with E-state index >= 15 is 0 Å². The van der Waals surface area contributed by atoms with Crippen molar-refractivity contribution in [3.63, 3.8) is 0 Å². The van der Waals surface area contributed by atoms with Gasteiger partial charge in [0.15, 0.2) is 6.61 Å². The Morgan fingerprint density at radius 3 is 2.62 bits per heavy atom. The van der Waals surface area contributed by atoms with E-state index in [-0.39, 0.29) is 18.4 Å². The van der Waals surface area contributed by atoms with Crippen molar-refractivity contribution in [3.05, 3.63) is 83.9 Å². The lowest BCUT2D eigenvalue weighted by atomic mass is 10.1. The fourth-order valence-corrected chi connectivity index (χ4v) is 3.23. The van der Waals surface area contributed by atoms with Crippen molar-refractivity contribution in [1.82, 2.24) is 20.3 Å². The van der Waals surface area contributed by atoms with E-state index in [2.05, 4.69) is 20.9 Å². The zero-order chi connectivity index (χ0) is 22.3. The summed E-state index contributed by atoms with van der Waals surface area (Å²) >= 11 is 0. The second-order valence-electron chi connectivity index (χ2n) is 7.16. The SMILES string of the molecule is CCNC(=O)COc1cccc(NC(=O)c2ccc(Cn3nnc4ccccc43)cc2)c1. The molecule has 0 saturated heterocycles. The summed E-state index contributed by atoms with van der Waals surface area (Å²) in [5.41, 5.74) is 3.94. The predicted molar refractivity (Wildman–Crippen MR) is 122 cm³/mol. The van der Waals surface area contributed by atoms with Crippen LogP contribution in [0.4, 0.5) is 5.69 Å². The average molecular weight is 429 g/mol. The average Bonchev–Trinajstić information content (AvgIpc) is 3.21. The van der Waals surface area contributed by atoms with Crippen LogP contribution in [0.25, 0.3) is 11.0 Å². The minimum absolute atomic E-state index is 0.0756. The molecule has 162 valence electrons. The van der Waals surface area contributed by atoms with E-state index < -0.39 is 0 Å². The van der Waals surface area contributed by atoms with Crippen LogP contribution < -0.4 is 15.4 Å². The number of carbonyl (C=O) groups excluding carboxylic acids is 2. The first kappa shape index (κ1) is 21.0. The molecule has 0 unspecified atom stereocenters. The van der Waals surface area contributed by atoms with Gasteiger partial charge in [-0.3, -0.25) is 9.59 Å². The molecule has 3 aromatic carbocycles. The van der Waals surface area contributed by atoms with Gasteiger partial charge < -0.3 is 15.4 Å². The van der Waals surface area contributed by atoms with Gasteiger partial charge in [-0.2, -0.15) is 0 Å². The van der Waals surface area contributed by atoms with Gasteiger partial charge in [-0.15, -0.1) is 5.10 Å². The molecule has 0 atom stereocenters. The molecule has 2 N–H and O–H groups in total. The number of anilines is 1. The van der Waals surface area contributed by atoms with Crippen LogP contribution >= 0.6 is 0 Å². The molecule has 1 heterocycles. The molecule has 0 bridgehead atoms. The highest BCUT2D eigenvalue weighted by Gasteiger charge is 2.09. The van der Waals surface area contributed by atoms with Gasteiger partial charge in [-0.25, -0.2) is 4.68 Å². The molecule has 0 aliphatic rings. The largest absolute Gasteiger partial charge is 0.484 e. The van der Waals surface area contributed by atoms with Crippen LogP contribution in [-0.4, -0.2) is 40.0 Å². The molecule has 2 amide bonds. The summed E-state index contributed by atoms with van der Waals surface area (Å²) in [6, 6.07) is 22.1. The summed E-state index contributed by atoms with van der Waals surface area (Å²) in [7, 11) is 0. The van der Waals surface area contributed by atoms with Crippen molar-refractivity contribution in [2.75, 3.05) is 18.5 Å². The van der Waals surface area contributed by atoms with E-state index in [4.69, 9.17) is 4.74 Å². The maximum Gasteiger partial charge on any atom is 0.257 e. The second-order valence-corrected chi connectivity index (χ2v) is 7.16. The van der Waals surface area contributed by atoms with Crippen molar-refractivity contribution in [2.24, 2.45) is 0 Å². The van der Waals surface area contributed by atoms with Crippen LogP contribution in [0.15, 0.2) is 72.8 Å². The number of nitrogens with one attached hydrogen (secondary N) is 2. The van der Waals surface area contributed by atoms with E-state index in [1.165, 1.54) is 0 Å². The lowest BCUT2D eigenvalue weighted by molar-refractivity contribution is -0.122. The Morgan fingerprint density at radius 2 is 1.81 bits per heavy atom. The maximum atomic E-state index is 12.6. The van der Waals surface area contributed by atoms with Crippen molar-refractivity contribution in [1.29, 1.82) is 0 Å². The minimum Gasteiger partial charge on any atom is -0.484 e. The highest BCUT2D eigenvalue weighted by Crippen LogP contribution is 2.19. The molecular formula is C24H23N5O3. The van der Waals surface area contributed by atoms with Crippen molar-refractivity contribution >= 4 is 28.5 Å². The van der Waals surface area contributed by atoms with Crippen LogP contribution in [0.1, 0.15) is 22.8 Å². The Hall–Kier alpha value is -4.20. The van der Waals surface area contributed by atoms with E-state index in [1.54, 1.807) is 36.4 Å². The van der Waals surface area contributed by atoms with E-state index in [1.807, 2.05) is 48.0 Å². The van der Waals surface area contributed by atoms with Crippen LogP contribution in [-0.2, 0) is 11.3 Å². The highest BCUT2D eigenvalue weighted by molar-refractivity contribution is 6.04. The number of amides is 2.